The number of hydrogen-bond donors (Lipinski definition) is 1. The number of ether oxygens (including phenoxy) is 1. The van der Waals surface area contributed by atoms with Crippen LogP contribution in [-0.4, -0.2) is 27.3 Å². The lowest BCUT2D eigenvalue weighted by Crippen LogP contribution is -2.41. The molecule has 2 aromatic carbocycles. The number of rotatable bonds is 5. The molecule has 0 saturated heterocycles. The maximum absolute atomic E-state index is 5.56. The van der Waals surface area contributed by atoms with Gasteiger partial charge < -0.3 is 10.1 Å². The molecule has 0 spiro atoms. The van der Waals surface area contributed by atoms with Crippen LogP contribution in [0.1, 0.15) is 44.0 Å². The molecule has 1 saturated carbocycles. The molecule has 6 heteroatoms. The molecule has 28 heavy (non-hydrogen) atoms. The van der Waals surface area contributed by atoms with Crippen LogP contribution in [0.3, 0.4) is 0 Å². The summed E-state index contributed by atoms with van der Waals surface area (Å²) in [7, 11) is 1.67. The SMILES string of the molecule is COc1ccccc1-n1nnnc1C1(Nc2cccc(C)c2)CCC(C)CC1. The first-order valence-electron chi connectivity index (χ1n) is 9.88. The molecule has 1 aliphatic rings. The molecule has 4 rings (SSSR count). The molecule has 0 aliphatic heterocycles. The Balaban J connectivity index is 1.79. The van der Waals surface area contributed by atoms with Crippen LogP contribution in [0.15, 0.2) is 48.5 Å². The smallest absolute Gasteiger partial charge is 0.182 e. The van der Waals surface area contributed by atoms with Crippen LogP contribution < -0.4 is 10.1 Å². The molecule has 3 aromatic rings. The van der Waals surface area contributed by atoms with Gasteiger partial charge in [-0.2, -0.15) is 4.68 Å². The Hall–Kier alpha value is -2.89. The summed E-state index contributed by atoms with van der Waals surface area (Å²) in [6.45, 7) is 4.43. The van der Waals surface area contributed by atoms with Crippen LogP contribution >= 0.6 is 0 Å². The van der Waals surface area contributed by atoms with Gasteiger partial charge in [-0.25, -0.2) is 0 Å². The molecule has 1 N–H and O–H groups in total. The van der Waals surface area contributed by atoms with E-state index in [1.165, 1.54) is 5.56 Å². The van der Waals surface area contributed by atoms with Gasteiger partial charge in [0.1, 0.15) is 11.4 Å². The summed E-state index contributed by atoms with van der Waals surface area (Å²) in [6.07, 6.45) is 4.24. The third-order valence-corrected chi connectivity index (χ3v) is 5.74. The van der Waals surface area contributed by atoms with Gasteiger partial charge in [0.25, 0.3) is 0 Å². The molecule has 0 radical (unpaired) electrons. The van der Waals surface area contributed by atoms with Crippen molar-refractivity contribution in [3.63, 3.8) is 0 Å². The Kier molecular flexibility index (Phi) is 5.03. The lowest BCUT2D eigenvalue weighted by molar-refractivity contribution is 0.254. The topological polar surface area (TPSA) is 64.9 Å². The summed E-state index contributed by atoms with van der Waals surface area (Å²) in [6, 6.07) is 16.3. The highest BCUT2D eigenvalue weighted by atomic mass is 16.5. The zero-order valence-electron chi connectivity index (χ0n) is 16.7. The average molecular weight is 377 g/mol. The summed E-state index contributed by atoms with van der Waals surface area (Å²) in [4.78, 5) is 0. The van der Waals surface area contributed by atoms with Crippen molar-refractivity contribution in [2.75, 3.05) is 12.4 Å². The molecule has 1 heterocycles. The number of nitrogens with zero attached hydrogens (tertiary/aromatic N) is 4. The normalized spacial score (nSPS) is 22.0. The molecule has 0 amide bonds. The zero-order valence-corrected chi connectivity index (χ0v) is 16.7. The van der Waals surface area contributed by atoms with Crippen molar-refractivity contribution >= 4 is 5.69 Å². The van der Waals surface area contributed by atoms with Crippen molar-refractivity contribution in [1.29, 1.82) is 0 Å². The van der Waals surface area contributed by atoms with Gasteiger partial charge >= 0.3 is 0 Å². The maximum Gasteiger partial charge on any atom is 0.182 e. The van der Waals surface area contributed by atoms with Crippen LogP contribution in [0.5, 0.6) is 5.75 Å². The van der Waals surface area contributed by atoms with Crippen LogP contribution in [0, 0.1) is 12.8 Å². The third kappa shape index (κ3) is 3.46. The van der Waals surface area contributed by atoms with Crippen molar-refractivity contribution in [3.8, 4) is 11.4 Å². The Morgan fingerprint density at radius 1 is 1.11 bits per heavy atom. The molecular weight excluding hydrogens is 350 g/mol. The number of para-hydroxylation sites is 2. The first-order valence-corrected chi connectivity index (χ1v) is 9.88. The predicted molar refractivity (Wildman–Crippen MR) is 110 cm³/mol. The fraction of sp³-hybridized carbons (Fsp3) is 0.409. The molecule has 6 nitrogen and oxygen atoms in total. The monoisotopic (exact) mass is 377 g/mol. The van der Waals surface area contributed by atoms with Crippen molar-refractivity contribution in [2.24, 2.45) is 5.92 Å². The van der Waals surface area contributed by atoms with Crippen molar-refractivity contribution in [2.45, 2.75) is 45.1 Å². The zero-order chi connectivity index (χ0) is 19.6. The average Bonchev–Trinajstić information content (AvgIpc) is 3.20. The van der Waals surface area contributed by atoms with Gasteiger partial charge in [0.05, 0.1) is 12.6 Å². The van der Waals surface area contributed by atoms with E-state index in [-0.39, 0.29) is 5.54 Å². The Morgan fingerprint density at radius 3 is 2.64 bits per heavy atom. The molecule has 146 valence electrons. The number of hydrogen-bond acceptors (Lipinski definition) is 5. The number of methoxy groups -OCH3 is 1. The van der Waals surface area contributed by atoms with Gasteiger partial charge in [-0.05, 0) is 78.8 Å². The van der Waals surface area contributed by atoms with Crippen LogP contribution in [-0.2, 0) is 5.54 Å². The molecular formula is C22H27N5O. The predicted octanol–water partition coefficient (Wildman–Crippen LogP) is 4.50. The van der Waals surface area contributed by atoms with E-state index in [0.29, 0.717) is 5.92 Å². The Labute approximate surface area is 165 Å². The van der Waals surface area contributed by atoms with Crippen molar-refractivity contribution in [3.05, 3.63) is 59.9 Å². The van der Waals surface area contributed by atoms with E-state index in [1.807, 2.05) is 28.9 Å². The third-order valence-electron chi connectivity index (χ3n) is 5.74. The second kappa shape index (κ2) is 7.62. The van der Waals surface area contributed by atoms with E-state index in [2.05, 4.69) is 59.0 Å². The van der Waals surface area contributed by atoms with Crippen molar-refractivity contribution < 1.29 is 4.74 Å². The minimum absolute atomic E-state index is 0.315. The number of benzene rings is 2. The largest absolute Gasteiger partial charge is 0.494 e. The molecule has 1 aliphatic carbocycles. The van der Waals surface area contributed by atoms with E-state index in [0.717, 1.165) is 48.6 Å². The number of anilines is 1. The fourth-order valence-electron chi connectivity index (χ4n) is 4.11. The second-order valence-corrected chi connectivity index (χ2v) is 7.85. The van der Waals surface area contributed by atoms with E-state index in [1.54, 1.807) is 7.11 Å². The minimum atomic E-state index is -0.315. The summed E-state index contributed by atoms with van der Waals surface area (Å²) in [5.41, 5.74) is 2.87. The van der Waals surface area contributed by atoms with Gasteiger partial charge in [-0.15, -0.1) is 5.10 Å². The standard InChI is InChI=1S/C22H27N5O/c1-16-11-13-22(14-12-16,23-18-8-6-7-17(2)15-18)21-24-25-26-27(21)19-9-4-5-10-20(19)28-3/h4-10,15-16,23H,11-14H2,1-3H3. The van der Waals surface area contributed by atoms with E-state index in [4.69, 9.17) is 4.74 Å². The van der Waals surface area contributed by atoms with Gasteiger partial charge in [-0.3, -0.25) is 0 Å². The first-order chi connectivity index (χ1) is 13.6. The first kappa shape index (κ1) is 18.5. The van der Waals surface area contributed by atoms with E-state index >= 15 is 0 Å². The fourth-order valence-corrected chi connectivity index (χ4v) is 4.11. The minimum Gasteiger partial charge on any atom is -0.494 e. The number of tetrazole rings is 1. The highest BCUT2D eigenvalue weighted by Gasteiger charge is 2.41. The second-order valence-electron chi connectivity index (χ2n) is 7.85. The summed E-state index contributed by atoms with van der Waals surface area (Å²) >= 11 is 0. The van der Waals surface area contributed by atoms with Gasteiger partial charge in [0.2, 0.25) is 0 Å². The van der Waals surface area contributed by atoms with Crippen molar-refractivity contribution in [1.82, 2.24) is 20.2 Å². The maximum atomic E-state index is 5.56. The summed E-state index contributed by atoms with van der Waals surface area (Å²) < 4.78 is 7.39. The van der Waals surface area contributed by atoms with Gasteiger partial charge in [-0.1, -0.05) is 31.2 Å². The molecule has 0 bridgehead atoms. The molecule has 0 atom stereocenters. The number of aryl methyl sites for hydroxylation is 1. The summed E-state index contributed by atoms with van der Waals surface area (Å²) in [5, 5.41) is 16.7. The molecule has 1 aromatic heterocycles. The van der Waals surface area contributed by atoms with Gasteiger partial charge in [0, 0.05) is 5.69 Å². The quantitative estimate of drug-likeness (QED) is 0.709. The lowest BCUT2D eigenvalue weighted by Gasteiger charge is -2.39. The number of nitrogens with one attached hydrogen (secondary N) is 1. The van der Waals surface area contributed by atoms with E-state index < -0.39 is 0 Å². The van der Waals surface area contributed by atoms with Crippen LogP contribution in [0.4, 0.5) is 5.69 Å². The molecule has 1 fully saturated rings. The van der Waals surface area contributed by atoms with Crippen LogP contribution in [0.25, 0.3) is 5.69 Å². The number of aromatic nitrogens is 4. The van der Waals surface area contributed by atoms with E-state index in [9.17, 15) is 0 Å². The highest BCUT2D eigenvalue weighted by molar-refractivity contribution is 5.51. The van der Waals surface area contributed by atoms with Gasteiger partial charge in [0.15, 0.2) is 5.82 Å². The molecule has 0 unspecified atom stereocenters. The van der Waals surface area contributed by atoms with Crippen LogP contribution in [0.2, 0.25) is 0 Å². The highest BCUT2D eigenvalue weighted by Crippen LogP contribution is 2.42. The Bertz CT molecular complexity index is 943. The Morgan fingerprint density at radius 2 is 1.89 bits per heavy atom. The lowest BCUT2D eigenvalue weighted by atomic mass is 9.76. The summed E-state index contributed by atoms with van der Waals surface area (Å²) in [5.74, 6) is 2.30.